The summed E-state index contributed by atoms with van der Waals surface area (Å²) in [6.07, 6.45) is 5.01. The van der Waals surface area contributed by atoms with Crippen molar-refractivity contribution in [3.63, 3.8) is 0 Å². The first-order valence-electron chi connectivity index (χ1n) is 4.29. The fourth-order valence-electron chi connectivity index (χ4n) is 1.63. The summed E-state index contributed by atoms with van der Waals surface area (Å²) < 4.78 is -0.183. The van der Waals surface area contributed by atoms with Crippen LogP contribution in [0.25, 0.3) is 0 Å². The van der Waals surface area contributed by atoms with Crippen LogP contribution in [0.15, 0.2) is 11.6 Å². The minimum atomic E-state index is -0.183. The van der Waals surface area contributed by atoms with Crippen molar-refractivity contribution in [2.24, 2.45) is 0 Å². The quantitative estimate of drug-likeness (QED) is 0.495. The monoisotopic (exact) mass is 184 g/mol. The molecular formula is C8H12N2OS. The van der Waals surface area contributed by atoms with E-state index in [9.17, 15) is 5.21 Å². The maximum absolute atomic E-state index is 12.1. The van der Waals surface area contributed by atoms with Gasteiger partial charge in [0, 0.05) is 11.6 Å². The first kappa shape index (κ1) is 8.16. The Hall–Kier alpha value is -0.450. The largest absolute Gasteiger partial charge is 0.626 e. The number of thiazole rings is 1. The predicted octanol–water partition coefficient (Wildman–Crippen LogP) is 2.13. The fourth-order valence-corrected chi connectivity index (χ4v) is 2.37. The number of aromatic nitrogens is 1. The molecule has 0 spiro atoms. The van der Waals surface area contributed by atoms with E-state index in [0.717, 1.165) is 18.0 Å². The van der Waals surface area contributed by atoms with Gasteiger partial charge in [-0.15, -0.1) is 0 Å². The van der Waals surface area contributed by atoms with Crippen molar-refractivity contribution in [1.82, 2.24) is 9.63 Å². The molecule has 2 rings (SSSR count). The number of rotatable bonds is 1. The Morgan fingerprint density at radius 3 is 2.67 bits per heavy atom. The van der Waals surface area contributed by atoms with Gasteiger partial charge in [0.25, 0.3) is 5.13 Å². The standard InChI is InChI=1S/C8H12N2OS/c11-10(5-2-1-3-6-10)8-9-4-7-12-8/h4,7H,1-3,5-6H2. The van der Waals surface area contributed by atoms with Crippen molar-refractivity contribution in [2.45, 2.75) is 19.3 Å². The van der Waals surface area contributed by atoms with Gasteiger partial charge in [0.2, 0.25) is 0 Å². The summed E-state index contributed by atoms with van der Waals surface area (Å²) in [5.41, 5.74) is 0. The topological polar surface area (TPSA) is 36.0 Å². The molecule has 0 unspecified atom stereocenters. The van der Waals surface area contributed by atoms with Crippen LogP contribution in [0, 0.1) is 5.21 Å². The van der Waals surface area contributed by atoms with Crippen molar-refractivity contribution in [3.8, 4) is 0 Å². The molecule has 66 valence electrons. The zero-order chi connectivity index (χ0) is 8.44. The zero-order valence-electron chi connectivity index (χ0n) is 6.90. The molecule has 4 heteroatoms. The average molecular weight is 184 g/mol. The van der Waals surface area contributed by atoms with Gasteiger partial charge in [0.1, 0.15) is 0 Å². The van der Waals surface area contributed by atoms with Crippen LogP contribution < -0.4 is 4.65 Å². The molecule has 0 bridgehead atoms. The number of piperidine rings is 1. The molecule has 1 aliphatic heterocycles. The van der Waals surface area contributed by atoms with Gasteiger partial charge in [-0.2, -0.15) is 4.98 Å². The van der Waals surface area contributed by atoms with Gasteiger partial charge < -0.3 is 9.85 Å². The van der Waals surface area contributed by atoms with Crippen molar-refractivity contribution in [2.75, 3.05) is 13.1 Å². The second-order valence-electron chi connectivity index (χ2n) is 3.21. The van der Waals surface area contributed by atoms with Crippen LogP contribution in [0.5, 0.6) is 0 Å². The molecule has 0 radical (unpaired) electrons. The van der Waals surface area contributed by atoms with E-state index < -0.39 is 0 Å². The van der Waals surface area contributed by atoms with Crippen LogP contribution in [0.3, 0.4) is 0 Å². The van der Waals surface area contributed by atoms with E-state index in [2.05, 4.69) is 4.98 Å². The van der Waals surface area contributed by atoms with Crippen LogP contribution in [-0.2, 0) is 0 Å². The molecule has 1 fully saturated rings. The Bertz CT molecular complexity index is 242. The zero-order valence-corrected chi connectivity index (χ0v) is 7.72. The predicted molar refractivity (Wildman–Crippen MR) is 50.9 cm³/mol. The Morgan fingerprint density at radius 2 is 2.08 bits per heavy atom. The highest BCUT2D eigenvalue weighted by Gasteiger charge is 2.25. The summed E-state index contributed by atoms with van der Waals surface area (Å²) >= 11 is 1.48. The van der Waals surface area contributed by atoms with Gasteiger partial charge in [0.05, 0.1) is 13.1 Å². The lowest BCUT2D eigenvalue weighted by Gasteiger charge is -2.42. The summed E-state index contributed by atoms with van der Waals surface area (Å²) in [5.74, 6) is 0. The van der Waals surface area contributed by atoms with Crippen molar-refractivity contribution in [1.29, 1.82) is 0 Å². The van der Waals surface area contributed by atoms with E-state index in [0.29, 0.717) is 13.1 Å². The maximum Gasteiger partial charge on any atom is 0.286 e. The van der Waals surface area contributed by atoms with Gasteiger partial charge in [-0.1, -0.05) is 11.3 Å². The second kappa shape index (κ2) is 3.12. The lowest BCUT2D eigenvalue weighted by atomic mass is 10.1. The molecule has 1 aromatic heterocycles. The lowest BCUT2D eigenvalue weighted by Crippen LogP contribution is -2.47. The summed E-state index contributed by atoms with van der Waals surface area (Å²) in [7, 11) is 0. The molecule has 0 aromatic carbocycles. The summed E-state index contributed by atoms with van der Waals surface area (Å²) in [4.78, 5) is 4.09. The van der Waals surface area contributed by atoms with E-state index >= 15 is 0 Å². The minimum Gasteiger partial charge on any atom is -0.626 e. The number of nitrogens with zero attached hydrogens (tertiary/aromatic N) is 2. The summed E-state index contributed by atoms with van der Waals surface area (Å²) in [6, 6.07) is 0. The number of hydroxylamine groups is 2. The molecule has 12 heavy (non-hydrogen) atoms. The molecule has 1 aromatic rings. The number of quaternary nitrogens is 1. The first-order valence-corrected chi connectivity index (χ1v) is 5.17. The molecule has 0 atom stereocenters. The van der Waals surface area contributed by atoms with E-state index in [-0.39, 0.29) is 4.65 Å². The number of hydrogen-bond donors (Lipinski definition) is 0. The molecule has 3 nitrogen and oxygen atoms in total. The Morgan fingerprint density at radius 1 is 1.33 bits per heavy atom. The summed E-state index contributed by atoms with van der Waals surface area (Å²) in [6.45, 7) is 1.43. The SMILES string of the molecule is [O-][N+]1(c2nccs2)CCCCC1. The molecule has 0 N–H and O–H groups in total. The molecular weight excluding hydrogens is 172 g/mol. The van der Waals surface area contributed by atoms with Crippen LogP contribution in [0.2, 0.25) is 0 Å². The average Bonchev–Trinajstić information content (AvgIpc) is 2.58. The molecule has 0 saturated carbocycles. The van der Waals surface area contributed by atoms with Crippen LogP contribution in [-0.4, -0.2) is 18.1 Å². The van der Waals surface area contributed by atoms with E-state index in [4.69, 9.17) is 0 Å². The van der Waals surface area contributed by atoms with Crippen LogP contribution >= 0.6 is 11.3 Å². The lowest BCUT2D eigenvalue weighted by molar-refractivity contribution is 0.306. The normalized spacial score (nSPS) is 22.4. The van der Waals surface area contributed by atoms with E-state index in [1.807, 2.05) is 5.38 Å². The highest BCUT2D eigenvalue weighted by molar-refractivity contribution is 7.13. The van der Waals surface area contributed by atoms with Crippen molar-refractivity contribution < 1.29 is 0 Å². The molecule has 1 aliphatic rings. The first-order chi connectivity index (χ1) is 5.81. The van der Waals surface area contributed by atoms with Crippen LogP contribution in [0.4, 0.5) is 5.13 Å². The van der Waals surface area contributed by atoms with Crippen molar-refractivity contribution >= 4 is 16.5 Å². The van der Waals surface area contributed by atoms with Gasteiger partial charge in [0.15, 0.2) is 0 Å². The van der Waals surface area contributed by atoms with E-state index in [1.54, 1.807) is 6.20 Å². The molecule has 0 amide bonds. The highest BCUT2D eigenvalue weighted by Crippen LogP contribution is 2.28. The van der Waals surface area contributed by atoms with Gasteiger partial charge in [-0.05, 0) is 19.3 Å². The third-order valence-corrected chi connectivity index (χ3v) is 3.21. The van der Waals surface area contributed by atoms with Gasteiger partial charge in [-0.25, -0.2) is 0 Å². The third-order valence-electron chi connectivity index (χ3n) is 2.31. The fraction of sp³-hybridized carbons (Fsp3) is 0.625. The Balaban J connectivity index is 2.19. The molecule has 1 saturated heterocycles. The smallest absolute Gasteiger partial charge is 0.286 e. The molecule has 2 heterocycles. The van der Waals surface area contributed by atoms with Gasteiger partial charge >= 0.3 is 0 Å². The second-order valence-corrected chi connectivity index (χ2v) is 4.08. The third kappa shape index (κ3) is 1.37. The van der Waals surface area contributed by atoms with Crippen molar-refractivity contribution in [3.05, 3.63) is 16.8 Å². The van der Waals surface area contributed by atoms with Gasteiger partial charge in [-0.3, -0.25) is 0 Å². The summed E-state index contributed by atoms with van der Waals surface area (Å²) in [5, 5.41) is 14.7. The Labute approximate surface area is 75.8 Å². The van der Waals surface area contributed by atoms with Crippen LogP contribution in [0.1, 0.15) is 19.3 Å². The van der Waals surface area contributed by atoms with E-state index in [1.165, 1.54) is 17.8 Å². The number of hydrogen-bond acceptors (Lipinski definition) is 3. The minimum absolute atomic E-state index is 0.183. The maximum atomic E-state index is 12.1. The highest BCUT2D eigenvalue weighted by atomic mass is 32.1. The Kier molecular flexibility index (Phi) is 2.12. The molecule has 0 aliphatic carbocycles.